The van der Waals surface area contributed by atoms with Gasteiger partial charge in [-0.05, 0) is 55.7 Å². The Balaban J connectivity index is 0.00000280. The number of halogens is 3. The Bertz CT molecular complexity index is 711. The summed E-state index contributed by atoms with van der Waals surface area (Å²) in [5.74, 6) is 1.37. The zero-order chi connectivity index (χ0) is 19.4. The second kappa shape index (κ2) is 10.7. The van der Waals surface area contributed by atoms with Gasteiger partial charge in [0, 0.05) is 35.7 Å². The highest BCUT2D eigenvalue weighted by Crippen LogP contribution is 2.50. The molecule has 1 aromatic rings. The van der Waals surface area contributed by atoms with Crippen molar-refractivity contribution in [2.24, 2.45) is 16.6 Å². The molecule has 1 aliphatic carbocycles. The number of nitrogens with one attached hydrogen (secondary N) is 1. The standard InChI is InChI=1S/C19H26Cl2N4O2.HI/c1-2-27-19(26)25-7-5-14(6-8-25)24-18(22)23-11-12-9-16(12)15-4-3-13(20)10-17(15)21;/h3-4,10,12,14,16H,2,5-9,11H2,1H3,(H3,22,23,24);1H. The number of amides is 1. The molecule has 1 amide bonds. The van der Waals surface area contributed by atoms with Crippen LogP contribution in [0.4, 0.5) is 4.79 Å². The van der Waals surface area contributed by atoms with Crippen LogP contribution in [0, 0.1) is 5.92 Å². The lowest BCUT2D eigenvalue weighted by Crippen LogP contribution is -2.48. The molecule has 3 N–H and O–H groups in total. The number of nitrogens with zero attached hydrogens (tertiary/aromatic N) is 2. The second-order valence-corrected chi connectivity index (χ2v) is 7.94. The monoisotopic (exact) mass is 540 g/mol. The van der Waals surface area contributed by atoms with Gasteiger partial charge in [0.05, 0.1) is 6.61 Å². The van der Waals surface area contributed by atoms with E-state index >= 15 is 0 Å². The highest BCUT2D eigenvalue weighted by atomic mass is 127. The molecule has 2 aliphatic rings. The lowest BCUT2D eigenvalue weighted by molar-refractivity contribution is 0.0963. The molecule has 9 heteroatoms. The van der Waals surface area contributed by atoms with E-state index in [1.54, 1.807) is 11.0 Å². The number of carbonyl (C=O) groups excluding carboxylic acids is 1. The van der Waals surface area contributed by atoms with Gasteiger partial charge in [0.2, 0.25) is 0 Å². The Kier molecular flexibility index (Phi) is 8.95. The number of piperidine rings is 1. The maximum absolute atomic E-state index is 11.7. The van der Waals surface area contributed by atoms with Gasteiger partial charge in [0.25, 0.3) is 0 Å². The summed E-state index contributed by atoms with van der Waals surface area (Å²) >= 11 is 12.2. The highest BCUT2D eigenvalue weighted by molar-refractivity contribution is 14.0. The maximum atomic E-state index is 11.7. The zero-order valence-electron chi connectivity index (χ0n) is 15.9. The molecule has 6 nitrogen and oxygen atoms in total. The smallest absolute Gasteiger partial charge is 0.409 e. The third-order valence-corrected chi connectivity index (χ3v) is 5.72. The number of rotatable bonds is 5. The van der Waals surface area contributed by atoms with Gasteiger partial charge in [-0.3, -0.25) is 4.99 Å². The van der Waals surface area contributed by atoms with Crippen LogP contribution in [0.2, 0.25) is 10.0 Å². The number of hydrogen-bond donors (Lipinski definition) is 2. The molecule has 1 saturated carbocycles. The first kappa shape index (κ1) is 23.3. The average Bonchev–Trinajstić information content (AvgIpc) is 3.40. The van der Waals surface area contributed by atoms with Gasteiger partial charge in [-0.2, -0.15) is 0 Å². The second-order valence-electron chi connectivity index (χ2n) is 7.10. The molecule has 0 radical (unpaired) electrons. The molecule has 3 rings (SSSR count). The third kappa shape index (κ3) is 6.29. The summed E-state index contributed by atoms with van der Waals surface area (Å²) in [5.41, 5.74) is 7.18. The maximum Gasteiger partial charge on any atom is 0.409 e. The molecule has 2 atom stereocenters. The molecule has 1 aromatic carbocycles. The van der Waals surface area contributed by atoms with Crippen molar-refractivity contribution in [2.45, 2.75) is 38.1 Å². The van der Waals surface area contributed by atoms with Crippen LogP contribution in [-0.4, -0.2) is 49.2 Å². The molecule has 0 aromatic heterocycles. The molecule has 1 heterocycles. The van der Waals surface area contributed by atoms with E-state index in [-0.39, 0.29) is 36.1 Å². The molecule has 0 bridgehead atoms. The van der Waals surface area contributed by atoms with E-state index in [9.17, 15) is 4.79 Å². The Hall–Kier alpha value is -0.930. The van der Waals surface area contributed by atoms with E-state index < -0.39 is 0 Å². The van der Waals surface area contributed by atoms with Crippen molar-refractivity contribution in [1.82, 2.24) is 10.2 Å². The molecule has 1 aliphatic heterocycles. The SMILES string of the molecule is CCOC(=O)N1CCC(NC(N)=NCC2CC2c2ccc(Cl)cc2Cl)CC1.I. The minimum Gasteiger partial charge on any atom is -0.450 e. The Morgan fingerprint density at radius 3 is 2.71 bits per heavy atom. The van der Waals surface area contributed by atoms with Crippen LogP contribution in [0.25, 0.3) is 0 Å². The van der Waals surface area contributed by atoms with E-state index in [0.717, 1.165) is 29.8 Å². The van der Waals surface area contributed by atoms with Gasteiger partial charge in [0.15, 0.2) is 5.96 Å². The molecular weight excluding hydrogens is 514 g/mol. The molecule has 1 saturated heterocycles. The van der Waals surface area contributed by atoms with E-state index in [1.807, 2.05) is 19.1 Å². The van der Waals surface area contributed by atoms with Gasteiger partial charge in [0.1, 0.15) is 0 Å². The van der Waals surface area contributed by atoms with Crippen LogP contribution in [0.3, 0.4) is 0 Å². The summed E-state index contributed by atoms with van der Waals surface area (Å²) in [6, 6.07) is 5.90. The van der Waals surface area contributed by atoms with Crippen molar-refractivity contribution in [1.29, 1.82) is 0 Å². The Morgan fingerprint density at radius 1 is 1.36 bits per heavy atom. The minimum atomic E-state index is -0.238. The largest absolute Gasteiger partial charge is 0.450 e. The number of ether oxygens (including phenoxy) is 1. The van der Waals surface area contributed by atoms with Gasteiger partial charge in [-0.1, -0.05) is 29.3 Å². The topological polar surface area (TPSA) is 80.0 Å². The summed E-state index contributed by atoms with van der Waals surface area (Å²) < 4.78 is 5.03. The van der Waals surface area contributed by atoms with Gasteiger partial charge in [-0.15, -0.1) is 24.0 Å². The first-order valence-corrected chi connectivity index (χ1v) is 10.2. The van der Waals surface area contributed by atoms with Gasteiger partial charge in [-0.25, -0.2) is 4.79 Å². The van der Waals surface area contributed by atoms with Crippen molar-refractivity contribution in [3.8, 4) is 0 Å². The molecule has 2 fully saturated rings. The first-order valence-electron chi connectivity index (χ1n) is 9.41. The van der Waals surface area contributed by atoms with Gasteiger partial charge < -0.3 is 20.7 Å². The number of aliphatic imine (C=N–C) groups is 1. The van der Waals surface area contributed by atoms with Crippen LogP contribution in [0.1, 0.15) is 37.7 Å². The summed E-state index contributed by atoms with van der Waals surface area (Å²) in [4.78, 5) is 18.0. The van der Waals surface area contributed by atoms with Crippen molar-refractivity contribution in [2.75, 3.05) is 26.2 Å². The van der Waals surface area contributed by atoms with Crippen molar-refractivity contribution >= 4 is 59.2 Å². The van der Waals surface area contributed by atoms with Gasteiger partial charge >= 0.3 is 6.09 Å². The average molecular weight is 541 g/mol. The number of hydrogen-bond acceptors (Lipinski definition) is 3. The summed E-state index contributed by atoms with van der Waals surface area (Å²) in [5, 5.41) is 4.65. The number of carbonyl (C=O) groups is 1. The van der Waals surface area contributed by atoms with E-state index in [1.165, 1.54) is 0 Å². The predicted octanol–water partition coefficient (Wildman–Crippen LogP) is 4.24. The van der Waals surface area contributed by atoms with Crippen molar-refractivity contribution in [3.63, 3.8) is 0 Å². The van der Waals surface area contributed by atoms with Crippen molar-refractivity contribution < 1.29 is 9.53 Å². The summed E-state index contributed by atoms with van der Waals surface area (Å²) in [7, 11) is 0. The summed E-state index contributed by atoms with van der Waals surface area (Å²) in [6.45, 7) is 4.24. The van der Waals surface area contributed by atoms with Crippen LogP contribution >= 0.6 is 47.2 Å². The number of guanidine groups is 1. The minimum absolute atomic E-state index is 0. The number of nitrogens with two attached hydrogens (primary N) is 1. The predicted molar refractivity (Wildman–Crippen MR) is 124 cm³/mol. The van der Waals surface area contributed by atoms with Crippen LogP contribution in [-0.2, 0) is 4.74 Å². The lowest BCUT2D eigenvalue weighted by atomic mass is 10.1. The fourth-order valence-electron chi connectivity index (χ4n) is 3.52. The molecule has 28 heavy (non-hydrogen) atoms. The van der Waals surface area contributed by atoms with Crippen LogP contribution < -0.4 is 11.1 Å². The first-order chi connectivity index (χ1) is 13.0. The third-order valence-electron chi connectivity index (χ3n) is 5.15. The van der Waals surface area contributed by atoms with E-state index in [0.29, 0.717) is 49.1 Å². The quantitative estimate of drug-likeness (QED) is 0.332. The highest BCUT2D eigenvalue weighted by Gasteiger charge is 2.39. The lowest BCUT2D eigenvalue weighted by Gasteiger charge is -2.31. The Labute approximate surface area is 193 Å². The molecule has 0 spiro atoms. The molecular formula is C19H27Cl2IN4O2. The normalized spacial score (nSPS) is 22.4. The summed E-state index contributed by atoms with van der Waals surface area (Å²) in [6.07, 6.45) is 2.50. The van der Waals surface area contributed by atoms with Crippen molar-refractivity contribution in [3.05, 3.63) is 33.8 Å². The molecule has 156 valence electrons. The number of likely N-dealkylation sites (tertiary alicyclic amines) is 1. The fraction of sp³-hybridized carbons (Fsp3) is 0.579. The van der Waals surface area contributed by atoms with Crippen LogP contribution in [0.5, 0.6) is 0 Å². The molecule has 2 unspecified atom stereocenters. The van der Waals surface area contributed by atoms with E-state index in [2.05, 4.69) is 10.3 Å². The Morgan fingerprint density at radius 2 is 2.07 bits per heavy atom. The fourth-order valence-corrected chi connectivity index (χ4v) is 4.07. The number of benzene rings is 1. The van der Waals surface area contributed by atoms with Crippen LogP contribution in [0.15, 0.2) is 23.2 Å². The zero-order valence-corrected chi connectivity index (χ0v) is 19.7. The van der Waals surface area contributed by atoms with E-state index in [4.69, 9.17) is 33.7 Å².